The molecule has 21 heavy (non-hydrogen) atoms. The maximum Gasteiger partial charge on any atom is 0.226 e. The maximum atomic E-state index is 11.9. The predicted molar refractivity (Wildman–Crippen MR) is 83.4 cm³/mol. The number of aromatic nitrogens is 2. The van der Waals surface area contributed by atoms with Gasteiger partial charge in [0.1, 0.15) is 0 Å². The van der Waals surface area contributed by atoms with E-state index in [0.717, 1.165) is 25.2 Å². The molecular weight excluding hydrogens is 262 g/mol. The lowest BCUT2D eigenvalue weighted by molar-refractivity contribution is -0.116. The van der Waals surface area contributed by atoms with Crippen molar-refractivity contribution in [1.29, 1.82) is 0 Å². The minimum absolute atomic E-state index is 0.0737. The number of hydrogen-bond donors (Lipinski definition) is 1. The third kappa shape index (κ3) is 2.71. The normalized spacial score (nSPS) is 17.4. The van der Waals surface area contributed by atoms with Gasteiger partial charge in [0, 0.05) is 30.1 Å². The van der Waals surface area contributed by atoms with E-state index in [1.54, 1.807) is 0 Å². The molecule has 3 rings (SSSR count). The highest BCUT2D eigenvalue weighted by Gasteiger charge is 2.30. The molecule has 0 fully saturated rings. The first-order valence-electron chi connectivity index (χ1n) is 7.60. The summed E-state index contributed by atoms with van der Waals surface area (Å²) in [5.74, 6) is 1.06. The number of rotatable bonds is 4. The fraction of sp³-hybridized carbons (Fsp3) is 0.412. The van der Waals surface area contributed by atoms with E-state index < -0.39 is 0 Å². The molecule has 0 saturated heterocycles. The van der Waals surface area contributed by atoms with Gasteiger partial charge in [0.25, 0.3) is 0 Å². The molecule has 1 aromatic heterocycles. The Kier molecular flexibility index (Phi) is 3.78. The number of nitrogens with one attached hydrogen (secondary N) is 1. The van der Waals surface area contributed by atoms with Crippen molar-refractivity contribution in [2.45, 2.75) is 45.6 Å². The van der Waals surface area contributed by atoms with Crippen LogP contribution in [0.15, 0.2) is 30.3 Å². The van der Waals surface area contributed by atoms with Crippen LogP contribution in [-0.4, -0.2) is 15.7 Å². The molecule has 0 saturated carbocycles. The minimum Gasteiger partial charge on any atom is -0.309 e. The summed E-state index contributed by atoms with van der Waals surface area (Å²) in [5, 5.41) is 7.49. The molecule has 1 aliphatic rings. The molecule has 0 radical (unpaired) electrons. The van der Waals surface area contributed by atoms with E-state index in [-0.39, 0.29) is 11.8 Å². The molecule has 2 heterocycles. The lowest BCUT2D eigenvalue weighted by atomic mass is 9.86. The molecular formula is C17H21N3O. The third-order valence-electron chi connectivity index (χ3n) is 4.11. The van der Waals surface area contributed by atoms with E-state index in [1.165, 1.54) is 16.8 Å². The number of nitrogens with zero attached hydrogens (tertiary/aromatic N) is 2. The number of anilines is 1. The summed E-state index contributed by atoms with van der Waals surface area (Å²) in [5.41, 5.74) is 3.67. The van der Waals surface area contributed by atoms with Crippen LogP contribution < -0.4 is 5.32 Å². The summed E-state index contributed by atoms with van der Waals surface area (Å²) in [6, 6.07) is 10.4. The number of carbonyl (C=O) groups excluding carboxylic acids is 1. The summed E-state index contributed by atoms with van der Waals surface area (Å²) < 4.78 is 2.02. The predicted octanol–water partition coefficient (Wildman–Crippen LogP) is 3.27. The molecule has 1 atom stereocenters. The Balaban J connectivity index is 1.95. The molecule has 0 aliphatic carbocycles. The van der Waals surface area contributed by atoms with E-state index in [1.807, 2.05) is 22.9 Å². The third-order valence-corrected chi connectivity index (χ3v) is 4.11. The standard InChI is InChI=1S/C17H21N3O/c1-3-9-20-12(2)16-14(10-13-7-5-4-6-8-13)11-15(21)18-17(16)19-20/h4-8,14H,3,9-11H2,1-2H3,(H,18,19,21). The van der Waals surface area contributed by atoms with Gasteiger partial charge in [0.15, 0.2) is 5.82 Å². The van der Waals surface area contributed by atoms with Crippen LogP contribution in [0, 0.1) is 6.92 Å². The number of fused-ring (bicyclic) bond motifs is 1. The molecule has 0 spiro atoms. The van der Waals surface area contributed by atoms with Crippen molar-refractivity contribution in [2.75, 3.05) is 5.32 Å². The van der Waals surface area contributed by atoms with Gasteiger partial charge < -0.3 is 5.32 Å². The molecule has 1 aliphatic heterocycles. The first-order valence-corrected chi connectivity index (χ1v) is 7.60. The minimum atomic E-state index is 0.0737. The first kappa shape index (κ1) is 13.9. The molecule has 1 N–H and O–H groups in total. The molecule has 110 valence electrons. The fourth-order valence-corrected chi connectivity index (χ4v) is 3.15. The zero-order valence-corrected chi connectivity index (χ0v) is 12.6. The highest BCUT2D eigenvalue weighted by atomic mass is 16.1. The number of benzene rings is 1. The van der Waals surface area contributed by atoms with Crippen LogP contribution in [0.4, 0.5) is 5.82 Å². The SMILES string of the molecule is CCCn1nc2c(c1C)C(Cc1ccccc1)CC(=O)N2. The molecule has 1 unspecified atom stereocenters. The van der Waals surface area contributed by atoms with E-state index in [2.05, 4.69) is 36.4 Å². The van der Waals surface area contributed by atoms with E-state index >= 15 is 0 Å². The van der Waals surface area contributed by atoms with Crippen molar-refractivity contribution in [3.8, 4) is 0 Å². The summed E-state index contributed by atoms with van der Waals surface area (Å²) in [6.45, 7) is 5.14. The first-order chi connectivity index (χ1) is 10.2. The molecule has 1 aromatic carbocycles. The smallest absolute Gasteiger partial charge is 0.226 e. The fourth-order valence-electron chi connectivity index (χ4n) is 3.15. The van der Waals surface area contributed by atoms with Crippen molar-refractivity contribution in [1.82, 2.24) is 9.78 Å². The highest BCUT2D eigenvalue weighted by Crippen LogP contribution is 2.36. The van der Waals surface area contributed by atoms with Crippen molar-refractivity contribution < 1.29 is 4.79 Å². The van der Waals surface area contributed by atoms with E-state index in [9.17, 15) is 4.79 Å². The largest absolute Gasteiger partial charge is 0.309 e. The van der Waals surface area contributed by atoms with Gasteiger partial charge in [-0.25, -0.2) is 0 Å². The second-order valence-corrected chi connectivity index (χ2v) is 5.71. The zero-order chi connectivity index (χ0) is 14.8. The maximum absolute atomic E-state index is 11.9. The second-order valence-electron chi connectivity index (χ2n) is 5.71. The van der Waals surface area contributed by atoms with E-state index in [0.29, 0.717) is 6.42 Å². The van der Waals surface area contributed by atoms with Gasteiger partial charge in [-0.3, -0.25) is 9.48 Å². The summed E-state index contributed by atoms with van der Waals surface area (Å²) in [6.07, 6.45) is 2.47. The van der Waals surface area contributed by atoms with Crippen molar-refractivity contribution in [2.24, 2.45) is 0 Å². The Morgan fingerprint density at radius 1 is 1.33 bits per heavy atom. The van der Waals surface area contributed by atoms with Gasteiger partial charge in [-0.1, -0.05) is 37.3 Å². The quantitative estimate of drug-likeness (QED) is 0.936. The van der Waals surface area contributed by atoms with Crippen molar-refractivity contribution in [3.63, 3.8) is 0 Å². The summed E-state index contributed by atoms with van der Waals surface area (Å²) >= 11 is 0. The van der Waals surface area contributed by atoms with E-state index in [4.69, 9.17) is 0 Å². The highest BCUT2D eigenvalue weighted by molar-refractivity contribution is 5.93. The number of aryl methyl sites for hydroxylation is 1. The van der Waals surface area contributed by atoms with Gasteiger partial charge in [-0.05, 0) is 25.3 Å². The Morgan fingerprint density at radius 2 is 2.10 bits per heavy atom. The molecule has 0 bridgehead atoms. The van der Waals surface area contributed by atoms with Crippen LogP contribution in [0.25, 0.3) is 0 Å². The number of carbonyl (C=O) groups is 1. The number of amides is 1. The Hall–Kier alpha value is -2.10. The monoisotopic (exact) mass is 283 g/mol. The molecule has 1 amide bonds. The Labute approximate surface area is 125 Å². The lowest BCUT2D eigenvalue weighted by Crippen LogP contribution is -2.24. The Bertz CT molecular complexity index is 646. The van der Waals surface area contributed by atoms with Gasteiger partial charge >= 0.3 is 0 Å². The van der Waals surface area contributed by atoms with Crippen LogP contribution in [0.3, 0.4) is 0 Å². The van der Waals surface area contributed by atoms with Gasteiger partial charge in [0.05, 0.1) is 0 Å². The average molecular weight is 283 g/mol. The zero-order valence-electron chi connectivity index (χ0n) is 12.6. The molecule has 2 aromatic rings. The molecule has 4 nitrogen and oxygen atoms in total. The summed E-state index contributed by atoms with van der Waals surface area (Å²) in [4.78, 5) is 11.9. The average Bonchev–Trinajstić information content (AvgIpc) is 2.77. The van der Waals surface area contributed by atoms with Crippen LogP contribution in [0.1, 0.15) is 42.5 Å². The van der Waals surface area contributed by atoms with Crippen LogP contribution >= 0.6 is 0 Å². The summed E-state index contributed by atoms with van der Waals surface area (Å²) in [7, 11) is 0. The van der Waals surface area contributed by atoms with Crippen LogP contribution in [0.2, 0.25) is 0 Å². The number of hydrogen-bond acceptors (Lipinski definition) is 2. The topological polar surface area (TPSA) is 46.9 Å². The van der Waals surface area contributed by atoms with Crippen LogP contribution in [-0.2, 0) is 17.8 Å². The van der Waals surface area contributed by atoms with Crippen molar-refractivity contribution >= 4 is 11.7 Å². The van der Waals surface area contributed by atoms with Gasteiger partial charge in [0.2, 0.25) is 5.91 Å². The van der Waals surface area contributed by atoms with Gasteiger partial charge in [-0.2, -0.15) is 5.10 Å². The Morgan fingerprint density at radius 3 is 2.81 bits per heavy atom. The second kappa shape index (κ2) is 5.72. The lowest BCUT2D eigenvalue weighted by Gasteiger charge is -2.22. The van der Waals surface area contributed by atoms with Crippen LogP contribution in [0.5, 0.6) is 0 Å². The van der Waals surface area contributed by atoms with Gasteiger partial charge in [-0.15, -0.1) is 0 Å². The van der Waals surface area contributed by atoms with Crippen molar-refractivity contribution in [3.05, 3.63) is 47.2 Å². The molecule has 4 heteroatoms.